The Morgan fingerprint density at radius 1 is 1.21 bits per heavy atom. The minimum atomic E-state index is -0.921. The van der Waals surface area contributed by atoms with Gasteiger partial charge < -0.3 is 9.67 Å². The molecule has 1 atom stereocenters. The van der Waals surface area contributed by atoms with E-state index >= 15 is 0 Å². The molecule has 0 saturated carbocycles. The van der Waals surface area contributed by atoms with E-state index in [9.17, 15) is 14.0 Å². The predicted octanol–water partition coefficient (Wildman–Crippen LogP) is 5.21. The first kappa shape index (κ1) is 24.4. The van der Waals surface area contributed by atoms with Crippen LogP contribution in [0.1, 0.15) is 60.6 Å². The average molecular weight is 470 g/mol. The molecule has 3 heterocycles. The summed E-state index contributed by atoms with van der Waals surface area (Å²) in [5, 5.41) is 10.2. The fourth-order valence-electron chi connectivity index (χ4n) is 3.85. The van der Waals surface area contributed by atoms with Crippen molar-refractivity contribution >= 4 is 34.4 Å². The fourth-order valence-corrected chi connectivity index (χ4v) is 4.01. The second-order valence-electron chi connectivity index (χ2n) is 8.11. The monoisotopic (exact) mass is 469 g/mol. The van der Waals surface area contributed by atoms with Gasteiger partial charge in [-0.1, -0.05) is 30.4 Å². The van der Waals surface area contributed by atoms with Crippen LogP contribution in [0.25, 0.3) is 11.0 Å². The minimum absolute atomic E-state index is 0.0624. The molecule has 6 nitrogen and oxygen atoms in total. The molecule has 0 unspecified atom stereocenters. The quantitative estimate of drug-likeness (QED) is 0.201. The molecule has 0 spiro atoms. The van der Waals surface area contributed by atoms with Crippen molar-refractivity contribution in [3.8, 4) is 11.8 Å². The normalized spacial score (nSPS) is 11.8. The maximum absolute atomic E-state index is 13.2. The summed E-state index contributed by atoms with van der Waals surface area (Å²) in [6.45, 7) is 1.76. The molecule has 0 aliphatic heterocycles. The first-order valence-corrected chi connectivity index (χ1v) is 11.1. The lowest BCUT2D eigenvalue weighted by molar-refractivity contribution is -0.137. The van der Waals surface area contributed by atoms with Gasteiger partial charge in [-0.25, -0.2) is 9.97 Å². The fraction of sp³-hybridized carbons (Fsp3) is 0.360. The predicted molar refractivity (Wildman–Crippen MR) is 125 cm³/mol. The van der Waals surface area contributed by atoms with Gasteiger partial charge >= 0.3 is 5.97 Å². The summed E-state index contributed by atoms with van der Waals surface area (Å²) in [6.07, 6.45) is 5.96. The van der Waals surface area contributed by atoms with Crippen LogP contribution in [0.2, 0.25) is 5.02 Å². The van der Waals surface area contributed by atoms with E-state index in [1.165, 1.54) is 12.3 Å². The van der Waals surface area contributed by atoms with Crippen LogP contribution in [0.4, 0.5) is 4.39 Å². The zero-order valence-electron chi connectivity index (χ0n) is 18.6. The van der Waals surface area contributed by atoms with E-state index in [0.717, 1.165) is 18.5 Å². The molecular weight excluding hydrogens is 445 g/mol. The lowest BCUT2D eigenvalue weighted by Crippen LogP contribution is -2.12. The molecule has 0 aliphatic carbocycles. The molecule has 0 aliphatic rings. The van der Waals surface area contributed by atoms with E-state index in [4.69, 9.17) is 16.7 Å². The largest absolute Gasteiger partial charge is 0.481 e. The number of aromatic nitrogens is 3. The Kier molecular flexibility index (Phi) is 8.18. The number of unbranched alkanes of at least 4 members (excludes halogenated alkanes) is 2. The average Bonchev–Trinajstić information content (AvgIpc) is 3.02. The highest BCUT2D eigenvalue weighted by Gasteiger charge is 2.24. The van der Waals surface area contributed by atoms with Crippen molar-refractivity contribution in [1.82, 2.24) is 14.5 Å². The number of carboxylic acid groups (broad SMARTS) is 1. The maximum atomic E-state index is 13.2. The Morgan fingerprint density at radius 3 is 2.70 bits per heavy atom. The van der Waals surface area contributed by atoms with Gasteiger partial charge in [-0.15, -0.1) is 0 Å². The molecule has 0 saturated heterocycles. The molecule has 3 rings (SSSR count). The van der Waals surface area contributed by atoms with Gasteiger partial charge in [0.2, 0.25) is 5.95 Å². The number of aryl methyl sites for hydroxylation is 1. The van der Waals surface area contributed by atoms with Crippen molar-refractivity contribution in [3.05, 3.63) is 58.4 Å². The van der Waals surface area contributed by atoms with E-state index in [1.807, 2.05) is 11.6 Å². The highest BCUT2D eigenvalue weighted by atomic mass is 35.5. The molecule has 3 aromatic heterocycles. The molecule has 172 valence electrons. The third kappa shape index (κ3) is 6.39. The topological polar surface area (TPSA) is 85.1 Å². The Balaban J connectivity index is 1.74. The number of pyridine rings is 2. The van der Waals surface area contributed by atoms with Gasteiger partial charge in [-0.3, -0.25) is 9.59 Å². The van der Waals surface area contributed by atoms with Gasteiger partial charge in [0.15, 0.2) is 5.78 Å². The number of nitrogens with zero attached hydrogens (tertiary/aromatic N) is 3. The van der Waals surface area contributed by atoms with E-state index in [2.05, 4.69) is 21.8 Å². The van der Waals surface area contributed by atoms with Gasteiger partial charge in [-0.05, 0) is 43.4 Å². The number of aliphatic carboxylic acids is 1. The smallest absolute Gasteiger partial charge is 0.303 e. The number of fused-ring (bicyclic) bond motifs is 1. The molecule has 1 N–H and O–H groups in total. The summed E-state index contributed by atoms with van der Waals surface area (Å²) < 4.78 is 14.8. The van der Waals surface area contributed by atoms with Crippen LogP contribution in [0, 0.1) is 23.7 Å². The number of halogens is 2. The number of hydrogen-bond donors (Lipinski definition) is 1. The van der Waals surface area contributed by atoms with Crippen molar-refractivity contribution in [1.29, 1.82) is 0 Å². The standard InChI is InChI=1S/C25H25ClFN3O3/c1-16(12-23(32)33)11-21(31)24-19-13-18(26)15-29-25(19)30(2)20(24)8-6-4-3-5-7-17-9-10-22(27)28-14-17/h9-10,13-16H,3-4,6,8,11-12H2,1-2H3,(H,32,33)/t16-/m0/s1. The summed E-state index contributed by atoms with van der Waals surface area (Å²) in [5.41, 5.74) is 2.77. The van der Waals surface area contributed by atoms with E-state index < -0.39 is 11.9 Å². The molecule has 0 aromatic carbocycles. The number of carboxylic acids is 1. The molecule has 0 fully saturated rings. The van der Waals surface area contributed by atoms with Crippen LogP contribution in [0.3, 0.4) is 0 Å². The Labute approximate surface area is 196 Å². The molecular formula is C25H25ClFN3O3. The number of ketones is 1. The molecule has 0 radical (unpaired) electrons. The van der Waals surface area contributed by atoms with Crippen molar-refractivity contribution in [2.45, 2.75) is 45.4 Å². The number of Topliss-reactive ketones (excluding diaryl/α,β-unsaturated/α-hetero) is 1. The minimum Gasteiger partial charge on any atom is -0.481 e. The number of carbonyl (C=O) groups is 2. The van der Waals surface area contributed by atoms with Crippen LogP contribution in [0.15, 0.2) is 30.6 Å². The molecule has 3 aromatic rings. The zero-order chi connectivity index (χ0) is 24.0. The second-order valence-corrected chi connectivity index (χ2v) is 8.55. The van der Waals surface area contributed by atoms with E-state index in [-0.39, 0.29) is 24.5 Å². The van der Waals surface area contributed by atoms with Gasteiger partial charge in [0.25, 0.3) is 0 Å². The lowest BCUT2D eigenvalue weighted by atomic mass is 9.94. The zero-order valence-corrected chi connectivity index (χ0v) is 19.3. The van der Waals surface area contributed by atoms with Gasteiger partial charge in [0, 0.05) is 60.9 Å². The van der Waals surface area contributed by atoms with Gasteiger partial charge in [0.1, 0.15) is 5.65 Å². The van der Waals surface area contributed by atoms with Crippen LogP contribution in [0.5, 0.6) is 0 Å². The number of hydrogen-bond acceptors (Lipinski definition) is 4. The van der Waals surface area contributed by atoms with Crippen LogP contribution in [-0.4, -0.2) is 31.4 Å². The number of carbonyl (C=O) groups excluding carboxylic acids is 1. The number of rotatable bonds is 9. The Hall–Kier alpha value is -3.24. The van der Waals surface area contributed by atoms with Gasteiger partial charge in [0.05, 0.1) is 5.02 Å². The third-order valence-corrected chi connectivity index (χ3v) is 5.58. The Morgan fingerprint density at radius 2 is 2.00 bits per heavy atom. The van der Waals surface area contributed by atoms with Crippen LogP contribution >= 0.6 is 11.6 Å². The first-order valence-electron chi connectivity index (χ1n) is 10.7. The summed E-state index contributed by atoms with van der Waals surface area (Å²) in [4.78, 5) is 32.2. The van der Waals surface area contributed by atoms with Crippen LogP contribution in [-0.2, 0) is 18.3 Å². The summed E-state index contributed by atoms with van der Waals surface area (Å²) in [5.74, 6) is 4.20. The summed E-state index contributed by atoms with van der Waals surface area (Å²) in [6, 6.07) is 4.61. The van der Waals surface area contributed by atoms with Gasteiger partial charge in [-0.2, -0.15) is 4.39 Å². The highest BCUT2D eigenvalue weighted by molar-refractivity contribution is 6.31. The van der Waals surface area contributed by atoms with Crippen molar-refractivity contribution in [3.63, 3.8) is 0 Å². The van der Waals surface area contributed by atoms with Crippen molar-refractivity contribution in [2.24, 2.45) is 13.0 Å². The summed E-state index contributed by atoms with van der Waals surface area (Å²) >= 11 is 6.15. The SMILES string of the molecule is C[C@H](CC(=O)O)CC(=O)c1c(CCCCC#Cc2ccc(F)nc2)n(C)c2ncc(Cl)cc12. The van der Waals surface area contributed by atoms with E-state index in [1.54, 1.807) is 25.3 Å². The van der Waals surface area contributed by atoms with Crippen molar-refractivity contribution in [2.75, 3.05) is 0 Å². The second kappa shape index (κ2) is 11.1. The molecule has 33 heavy (non-hydrogen) atoms. The Bertz CT molecular complexity index is 1230. The van der Waals surface area contributed by atoms with Crippen molar-refractivity contribution < 1.29 is 19.1 Å². The first-order chi connectivity index (χ1) is 15.8. The maximum Gasteiger partial charge on any atom is 0.303 e. The highest BCUT2D eigenvalue weighted by Crippen LogP contribution is 2.30. The molecule has 0 bridgehead atoms. The molecule has 0 amide bonds. The van der Waals surface area contributed by atoms with E-state index in [0.29, 0.717) is 40.0 Å². The summed E-state index contributed by atoms with van der Waals surface area (Å²) in [7, 11) is 1.87. The lowest BCUT2D eigenvalue weighted by Gasteiger charge is -2.10. The van der Waals surface area contributed by atoms with Crippen LogP contribution < -0.4 is 0 Å². The molecule has 8 heteroatoms. The third-order valence-electron chi connectivity index (χ3n) is 5.38.